The van der Waals surface area contributed by atoms with Gasteiger partial charge in [-0.05, 0) is 61.5 Å². The SMILES string of the molecule is CCOc1ccc2oc(-c3ccc(Cl)cc3)cc(=Nc3ccc(OC)cc3OC)c2c1. The van der Waals surface area contributed by atoms with Crippen LogP contribution in [0.15, 0.2) is 76.1 Å². The Balaban J connectivity index is 1.97. The third kappa shape index (κ3) is 4.52. The van der Waals surface area contributed by atoms with E-state index >= 15 is 0 Å². The average Bonchev–Trinajstić information content (AvgIpc) is 2.80. The van der Waals surface area contributed by atoms with E-state index in [1.165, 1.54) is 0 Å². The third-order valence-corrected chi connectivity index (χ3v) is 5.03. The van der Waals surface area contributed by atoms with E-state index in [4.69, 9.17) is 35.2 Å². The van der Waals surface area contributed by atoms with E-state index in [1.54, 1.807) is 20.3 Å². The van der Waals surface area contributed by atoms with Gasteiger partial charge in [0.05, 0.1) is 26.2 Å². The molecule has 0 saturated heterocycles. The fraction of sp³-hybridized carbons (Fsp3) is 0.160. The normalized spacial score (nSPS) is 11.5. The standard InChI is InChI=1S/C25H22ClNO4/c1-4-30-19-10-12-23-20(13-19)22(15-24(31-23)16-5-7-17(26)8-6-16)27-21-11-9-18(28-2)14-25(21)29-3/h5-15H,4H2,1-3H3. The largest absolute Gasteiger partial charge is 0.497 e. The van der Waals surface area contributed by atoms with Crippen molar-refractivity contribution in [3.8, 4) is 28.6 Å². The summed E-state index contributed by atoms with van der Waals surface area (Å²) in [4.78, 5) is 4.90. The molecule has 0 fully saturated rings. The van der Waals surface area contributed by atoms with Crippen molar-refractivity contribution >= 4 is 28.3 Å². The van der Waals surface area contributed by atoms with Gasteiger partial charge >= 0.3 is 0 Å². The molecule has 4 aromatic rings. The van der Waals surface area contributed by atoms with Crippen LogP contribution in [-0.2, 0) is 0 Å². The summed E-state index contributed by atoms with van der Waals surface area (Å²) in [5.41, 5.74) is 2.28. The molecule has 0 aliphatic rings. The molecule has 5 nitrogen and oxygen atoms in total. The zero-order valence-corrected chi connectivity index (χ0v) is 18.3. The summed E-state index contributed by atoms with van der Waals surface area (Å²) in [6.45, 7) is 2.52. The molecule has 0 spiro atoms. The Kier molecular flexibility index (Phi) is 6.14. The van der Waals surface area contributed by atoms with Crippen molar-refractivity contribution in [1.29, 1.82) is 0 Å². The molecule has 1 heterocycles. The zero-order valence-electron chi connectivity index (χ0n) is 17.5. The molecule has 0 N–H and O–H groups in total. The molecule has 0 atom stereocenters. The summed E-state index contributed by atoms with van der Waals surface area (Å²) in [7, 11) is 3.23. The molecule has 4 rings (SSSR count). The maximum absolute atomic E-state index is 6.18. The van der Waals surface area contributed by atoms with E-state index in [-0.39, 0.29) is 0 Å². The van der Waals surface area contributed by atoms with Gasteiger partial charge in [0.1, 0.15) is 34.3 Å². The molecule has 0 saturated carbocycles. The van der Waals surface area contributed by atoms with Crippen molar-refractivity contribution in [2.45, 2.75) is 6.92 Å². The summed E-state index contributed by atoms with van der Waals surface area (Å²) in [5.74, 6) is 2.74. The lowest BCUT2D eigenvalue weighted by atomic mass is 10.1. The quantitative estimate of drug-likeness (QED) is 0.351. The van der Waals surface area contributed by atoms with E-state index in [0.717, 1.165) is 22.1 Å². The summed E-state index contributed by atoms with van der Waals surface area (Å²) >= 11 is 6.05. The van der Waals surface area contributed by atoms with Gasteiger partial charge in [-0.3, -0.25) is 0 Å². The monoisotopic (exact) mass is 435 g/mol. The van der Waals surface area contributed by atoms with Crippen LogP contribution in [0.4, 0.5) is 5.69 Å². The van der Waals surface area contributed by atoms with Crippen molar-refractivity contribution in [3.63, 3.8) is 0 Å². The molecule has 0 aliphatic carbocycles. The van der Waals surface area contributed by atoms with Gasteiger partial charge in [-0.25, -0.2) is 4.99 Å². The number of hydrogen-bond acceptors (Lipinski definition) is 5. The van der Waals surface area contributed by atoms with Crippen molar-refractivity contribution in [1.82, 2.24) is 0 Å². The van der Waals surface area contributed by atoms with E-state index < -0.39 is 0 Å². The van der Waals surface area contributed by atoms with Crippen LogP contribution in [-0.4, -0.2) is 20.8 Å². The highest BCUT2D eigenvalue weighted by Crippen LogP contribution is 2.32. The first-order chi connectivity index (χ1) is 15.1. The minimum atomic E-state index is 0.574. The Bertz CT molecular complexity index is 1280. The first-order valence-corrected chi connectivity index (χ1v) is 10.2. The molecule has 0 radical (unpaired) electrons. The Morgan fingerprint density at radius 1 is 0.871 bits per heavy atom. The molecule has 0 aliphatic heterocycles. The van der Waals surface area contributed by atoms with E-state index in [1.807, 2.05) is 67.6 Å². The number of benzene rings is 3. The second kappa shape index (κ2) is 9.14. The molecule has 0 amide bonds. The Labute approximate surface area is 185 Å². The Hall–Kier alpha value is -3.44. The minimum Gasteiger partial charge on any atom is -0.497 e. The number of halogens is 1. The zero-order chi connectivity index (χ0) is 21.8. The van der Waals surface area contributed by atoms with Crippen LogP contribution in [0.1, 0.15) is 6.92 Å². The lowest BCUT2D eigenvalue weighted by molar-refractivity contribution is 0.340. The second-order valence-electron chi connectivity index (χ2n) is 6.74. The molecule has 1 aromatic heterocycles. The van der Waals surface area contributed by atoms with Gasteiger partial charge in [0, 0.05) is 28.1 Å². The predicted octanol–water partition coefficient (Wildman–Crippen LogP) is 6.40. The maximum atomic E-state index is 6.18. The fourth-order valence-electron chi connectivity index (χ4n) is 3.26. The smallest absolute Gasteiger partial charge is 0.148 e. The topological polar surface area (TPSA) is 53.2 Å². The van der Waals surface area contributed by atoms with E-state index in [0.29, 0.717) is 40.2 Å². The van der Waals surface area contributed by atoms with Gasteiger partial charge in [0.15, 0.2) is 0 Å². The van der Waals surface area contributed by atoms with Crippen LogP contribution in [0, 0.1) is 0 Å². The highest BCUT2D eigenvalue weighted by atomic mass is 35.5. The van der Waals surface area contributed by atoms with Gasteiger partial charge in [0.25, 0.3) is 0 Å². The lowest BCUT2D eigenvalue weighted by Gasteiger charge is -2.09. The van der Waals surface area contributed by atoms with Crippen LogP contribution in [0.3, 0.4) is 0 Å². The second-order valence-corrected chi connectivity index (χ2v) is 7.18. The Morgan fingerprint density at radius 3 is 2.35 bits per heavy atom. The highest BCUT2D eigenvalue weighted by Gasteiger charge is 2.10. The van der Waals surface area contributed by atoms with Gasteiger partial charge in [-0.15, -0.1) is 0 Å². The van der Waals surface area contributed by atoms with Gasteiger partial charge in [-0.1, -0.05) is 11.6 Å². The molecule has 158 valence electrons. The van der Waals surface area contributed by atoms with Crippen molar-refractivity contribution < 1.29 is 18.6 Å². The van der Waals surface area contributed by atoms with Crippen molar-refractivity contribution in [2.24, 2.45) is 4.99 Å². The summed E-state index contributed by atoms with van der Waals surface area (Å²) in [5, 5.41) is 2.23. The minimum absolute atomic E-state index is 0.574. The third-order valence-electron chi connectivity index (χ3n) is 4.78. The number of fused-ring (bicyclic) bond motifs is 1. The summed E-state index contributed by atoms with van der Waals surface area (Å²) in [6.07, 6.45) is 0. The predicted molar refractivity (Wildman–Crippen MR) is 123 cm³/mol. The van der Waals surface area contributed by atoms with E-state index in [9.17, 15) is 0 Å². The number of methoxy groups -OCH3 is 2. The van der Waals surface area contributed by atoms with Crippen molar-refractivity contribution in [2.75, 3.05) is 20.8 Å². The number of nitrogens with zero attached hydrogens (tertiary/aromatic N) is 1. The van der Waals surface area contributed by atoms with Crippen LogP contribution in [0.25, 0.3) is 22.3 Å². The molecule has 31 heavy (non-hydrogen) atoms. The van der Waals surface area contributed by atoms with Gasteiger partial charge < -0.3 is 18.6 Å². The van der Waals surface area contributed by atoms with Crippen LogP contribution in [0.2, 0.25) is 5.02 Å². The molecule has 6 heteroatoms. The van der Waals surface area contributed by atoms with Crippen LogP contribution in [0.5, 0.6) is 17.2 Å². The summed E-state index contributed by atoms with van der Waals surface area (Å²) < 4.78 is 22.7. The fourth-order valence-corrected chi connectivity index (χ4v) is 3.39. The first-order valence-electron chi connectivity index (χ1n) is 9.84. The number of ether oxygens (including phenoxy) is 3. The van der Waals surface area contributed by atoms with Gasteiger partial charge in [-0.2, -0.15) is 0 Å². The van der Waals surface area contributed by atoms with Crippen LogP contribution >= 0.6 is 11.6 Å². The lowest BCUT2D eigenvalue weighted by Crippen LogP contribution is -2.04. The first kappa shape index (κ1) is 20.8. The van der Waals surface area contributed by atoms with E-state index in [2.05, 4.69) is 0 Å². The van der Waals surface area contributed by atoms with Crippen LogP contribution < -0.4 is 19.6 Å². The molecule has 3 aromatic carbocycles. The highest BCUT2D eigenvalue weighted by molar-refractivity contribution is 6.30. The van der Waals surface area contributed by atoms with Gasteiger partial charge in [0.2, 0.25) is 0 Å². The maximum Gasteiger partial charge on any atom is 0.148 e. The molecular weight excluding hydrogens is 414 g/mol. The number of hydrogen-bond donors (Lipinski definition) is 0. The number of rotatable bonds is 6. The molecular formula is C25H22ClNO4. The molecule has 0 unspecified atom stereocenters. The summed E-state index contributed by atoms with van der Waals surface area (Å²) in [6, 6.07) is 20.6. The Morgan fingerprint density at radius 2 is 1.65 bits per heavy atom. The average molecular weight is 436 g/mol. The van der Waals surface area contributed by atoms with Crippen molar-refractivity contribution in [3.05, 3.63) is 77.1 Å². The molecule has 0 bridgehead atoms.